The molecule has 0 aliphatic rings. The van der Waals surface area contributed by atoms with Crippen LogP contribution in [0.3, 0.4) is 0 Å². The number of hydrogen-bond acceptors (Lipinski definition) is 1. The van der Waals surface area contributed by atoms with Crippen LogP contribution in [-0.2, 0) is 0 Å². The fourth-order valence-corrected chi connectivity index (χ4v) is 12.9. The lowest BCUT2D eigenvalue weighted by Gasteiger charge is -2.35. The van der Waals surface area contributed by atoms with Crippen LogP contribution in [0.4, 0.5) is 17.1 Å². The van der Waals surface area contributed by atoms with Crippen LogP contribution in [0.25, 0.3) is 33.4 Å². The fraction of sp³-hybridized carbons (Fsp3) is 0. The molecule has 0 N–H and O–H groups in total. The van der Waals surface area contributed by atoms with Crippen molar-refractivity contribution in [2.24, 2.45) is 0 Å². The Morgan fingerprint density at radius 1 is 0.250 bits per heavy atom. The van der Waals surface area contributed by atoms with Crippen LogP contribution in [-0.4, -0.2) is 8.07 Å². The summed E-state index contributed by atoms with van der Waals surface area (Å²) >= 11 is 0. The van der Waals surface area contributed by atoms with Crippen LogP contribution in [0.1, 0.15) is 0 Å². The van der Waals surface area contributed by atoms with E-state index in [2.05, 4.69) is 254 Å². The molecule has 0 heterocycles. The van der Waals surface area contributed by atoms with Gasteiger partial charge in [0.1, 0.15) is 0 Å². The monoisotopic (exact) mass is 731 g/mol. The smallest absolute Gasteiger partial charge is 0.179 e. The van der Waals surface area contributed by atoms with Crippen molar-refractivity contribution in [2.75, 3.05) is 4.90 Å². The maximum Gasteiger partial charge on any atom is 0.179 e. The van der Waals surface area contributed by atoms with Crippen molar-refractivity contribution in [1.29, 1.82) is 0 Å². The predicted octanol–water partition coefficient (Wildman–Crippen LogP) is 11.5. The van der Waals surface area contributed by atoms with Crippen LogP contribution < -0.4 is 25.6 Å². The van der Waals surface area contributed by atoms with Gasteiger partial charge in [-0.1, -0.05) is 212 Å². The standard InChI is InChI=1S/C54H41NSi/c1-7-19-42(20-8-1)44-31-34-47(35-32-44)55(54-40-33-46(43-21-9-2-10-22-43)41-53(54)45-23-11-3-12-24-45)48-36-38-52(39-37-48)56(49-25-13-4-14-26-49,50-27-15-5-16-28-50)51-29-17-6-18-30-51/h1-41H. The highest BCUT2D eigenvalue weighted by molar-refractivity contribution is 7.19. The van der Waals surface area contributed by atoms with Crippen LogP contribution in [0.2, 0.25) is 0 Å². The van der Waals surface area contributed by atoms with Crippen LogP contribution in [0, 0.1) is 0 Å². The molecule has 0 atom stereocenters. The Labute approximate surface area is 331 Å². The molecule has 56 heavy (non-hydrogen) atoms. The largest absolute Gasteiger partial charge is 0.310 e. The molecule has 0 fully saturated rings. The molecule has 0 aliphatic heterocycles. The molecule has 9 rings (SSSR count). The van der Waals surface area contributed by atoms with Gasteiger partial charge in [0, 0.05) is 16.9 Å². The molecule has 9 aromatic carbocycles. The fourth-order valence-electron chi connectivity index (χ4n) is 8.18. The van der Waals surface area contributed by atoms with E-state index in [4.69, 9.17) is 0 Å². The number of nitrogens with zero attached hydrogens (tertiary/aromatic N) is 1. The van der Waals surface area contributed by atoms with Crippen molar-refractivity contribution < 1.29 is 0 Å². The summed E-state index contributed by atoms with van der Waals surface area (Å²) in [6, 6.07) is 90.8. The molecule has 0 saturated carbocycles. The molecule has 0 saturated heterocycles. The lowest BCUT2D eigenvalue weighted by atomic mass is 9.96. The Kier molecular flexibility index (Phi) is 9.78. The summed E-state index contributed by atoms with van der Waals surface area (Å²) in [5.74, 6) is 0. The number of anilines is 3. The maximum atomic E-state index is 2.42. The third-order valence-electron chi connectivity index (χ3n) is 10.8. The maximum absolute atomic E-state index is 2.69. The Bertz CT molecular complexity index is 2530. The third-order valence-corrected chi connectivity index (χ3v) is 15.6. The van der Waals surface area contributed by atoms with Crippen LogP contribution in [0.5, 0.6) is 0 Å². The normalized spacial score (nSPS) is 11.2. The van der Waals surface area contributed by atoms with E-state index < -0.39 is 8.07 Å². The Balaban J connectivity index is 1.25. The highest BCUT2D eigenvalue weighted by Crippen LogP contribution is 2.43. The van der Waals surface area contributed by atoms with Gasteiger partial charge in [-0.2, -0.15) is 0 Å². The van der Waals surface area contributed by atoms with Gasteiger partial charge in [-0.05, 0) is 85.0 Å². The SMILES string of the molecule is c1ccc(-c2ccc(N(c3ccc([Si](c4ccccc4)(c4ccccc4)c4ccccc4)cc3)c3ccc(-c4ccccc4)cc3-c3ccccc3)cc2)cc1. The zero-order valence-electron chi connectivity index (χ0n) is 31.1. The van der Waals surface area contributed by atoms with Gasteiger partial charge in [0.15, 0.2) is 8.07 Å². The molecule has 0 unspecified atom stereocenters. The lowest BCUT2D eigenvalue weighted by Crippen LogP contribution is -2.74. The first kappa shape index (κ1) is 34.7. The van der Waals surface area contributed by atoms with Gasteiger partial charge < -0.3 is 4.90 Å². The van der Waals surface area contributed by atoms with Crippen molar-refractivity contribution in [3.05, 3.63) is 249 Å². The van der Waals surface area contributed by atoms with E-state index in [-0.39, 0.29) is 0 Å². The number of hydrogen-bond donors (Lipinski definition) is 0. The Hall–Kier alpha value is -7.00. The number of rotatable bonds is 10. The highest BCUT2D eigenvalue weighted by Gasteiger charge is 2.41. The molecule has 1 nitrogen and oxygen atoms in total. The molecule has 266 valence electrons. The van der Waals surface area contributed by atoms with Crippen LogP contribution >= 0.6 is 0 Å². The molecule has 2 heteroatoms. The summed E-state index contributed by atoms with van der Waals surface area (Å²) in [6.45, 7) is 0. The average Bonchev–Trinajstić information content (AvgIpc) is 3.29. The van der Waals surface area contributed by atoms with Gasteiger partial charge >= 0.3 is 0 Å². The van der Waals surface area contributed by atoms with Gasteiger partial charge in [-0.25, -0.2) is 0 Å². The third kappa shape index (κ3) is 6.68. The van der Waals surface area contributed by atoms with Crippen molar-refractivity contribution in [3.8, 4) is 33.4 Å². The summed E-state index contributed by atoms with van der Waals surface area (Å²) in [7, 11) is -2.69. The molecule has 0 radical (unpaired) electrons. The van der Waals surface area contributed by atoms with Crippen molar-refractivity contribution in [1.82, 2.24) is 0 Å². The molecule has 0 bridgehead atoms. The van der Waals surface area contributed by atoms with Gasteiger partial charge in [-0.3, -0.25) is 0 Å². The summed E-state index contributed by atoms with van der Waals surface area (Å²) < 4.78 is 0. The summed E-state index contributed by atoms with van der Waals surface area (Å²) in [6.07, 6.45) is 0. The minimum atomic E-state index is -2.69. The van der Waals surface area contributed by atoms with E-state index >= 15 is 0 Å². The second-order valence-corrected chi connectivity index (χ2v) is 17.9. The second kappa shape index (κ2) is 15.8. The number of benzene rings is 9. The van der Waals surface area contributed by atoms with E-state index in [0.717, 1.165) is 17.1 Å². The van der Waals surface area contributed by atoms with E-state index in [0.29, 0.717) is 0 Å². The predicted molar refractivity (Wildman–Crippen MR) is 241 cm³/mol. The highest BCUT2D eigenvalue weighted by atomic mass is 28.3. The lowest BCUT2D eigenvalue weighted by molar-refractivity contribution is 1.28. The summed E-state index contributed by atoms with van der Waals surface area (Å²) in [5, 5.41) is 5.43. The topological polar surface area (TPSA) is 3.24 Å². The van der Waals surface area contributed by atoms with Gasteiger partial charge in [0.25, 0.3) is 0 Å². The Morgan fingerprint density at radius 2 is 0.571 bits per heavy atom. The minimum Gasteiger partial charge on any atom is -0.310 e. The van der Waals surface area contributed by atoms with Crippen molar-refractivity contribution >= 4 is 45.9 Å². The molecule has 9 aromatic rings. The molecular formula is C54H41NSi. The molecule has 0 amide bonds. The minimum absolute atomic E-state index is 1.10. The van der Waals surface area contributed by atoms with E-state index in [1.54, 1.807) is 0 Å². The quantitative estimate of drug-likeness (QED) is 0.1000. The molecule has 0 aliphatic carbocycles. The Morgan fingerprint density at radius 3 is 1.02 bits per heavy atom. The first-order valence-corrected chi connectivity index (χ1v) is 21.3. The van der Waals surface area contributed by atoms with Crippen molar-refractivity contribution in [2.45, 2.75) is 0 Å². The van der Waals surface area contributed by atoms with Crippen LogP contribution in [0.15, 0.2) is 249 Å². The zero-order chi connectivity index (χ0) is 37.6. The van der Waals surface area contributed by atoms with Gasteiger partial charge in [0.05, 0.1) is 5.69 Å². The summed E-state index contributed by atoms with van der Waals surface area (Å²) in [4.78, 5) is 2.42. The van der Waals surface area contributed by atoms with Gasteiger partial charge in [0.2, 0.25) is 0 Å². The first-order chi connectivity index (χ1) is 27.8. The molecule has 0 spiro atoms. The van der Waals surface area contributed by atoms with Gasteiger partial charge in [-0.15, -0.1) is 0 Å². The van der Waals surface area contributed by atoms with E-state index in [9.17, 15) is 0 Å². The molecular weight excluding hydrogens is 691 g/mol. The average molecular weight is 732 g/mol. The zero-order valence-corrected chi connectivity index (χ0v) is 32.1. The van der Waals surface area contributed by atoms with E-state index in [1.165, 1.54) is 54.1 Å². The molecule has 0 aromatic heterocycles. The summed E-state index contributed by atoms with van der Waals surface area (Å²) in [5.41, 5.74) is 10.4. The first-order valence-electron chi connectivity index (χ1n) is 19.3. The van der Waals surface area contributed by atoms with E-state index in [1.807, 2.05) is 0 Å². The van der Waals surface area contributed by atoms with Crippen molar-refractivity contribution in [3.63, 3.8) is 0 Å². The second-order valence-electron chi connectivity index (χ2n) is 14.1.